The lowest BCUT2D eigenvalue weighted by Crippen LogP contribution is -2.15. The Morgan fingerprint density at radius 2 is 1.88 bits per heavy atom. The van der Waals surface area contributed by atoms with Crippen molar-refractivity contribution >= 4 is 11.9 Å². The molecule has 24 heavy (non-hydrogen) atoms. The van der Waals surface area contributed by atoms with Crippen molar-refractivity contribution in [3.63, 3.8) is 0 Å². The molecule has 1 saturated carbocycles. The third-order valence-corrected chi connectivity index (χ3v) is 4.88. The van der Waals surface area contributed by atoms with E-state index in [1.54, 1.807) is 14.2 Å². The summed E-state index contributed by atoms with van der Waals surface area (Å²) < 4.78 is 13.0. The predicted molar refractivity (Wildman–Crippen MR) is 92.9 cm³/mol. The molecule has 4 rings (SSSR count). The van der Waals surface area contributed by atoms with E-state index >= 15 is 0 Å². The van der Waals surface area contributed by atoms with Crippen LogP contribution >= 0.6 is 0 Å². The predicted octanol–water partition coefficient (Wildman–Crippen LogP) is 4.05. The van der Waals surface area contributed by atoms with Crippen LogP contribution in [0, 0.1) is 0 Å². The number of fused-ring (bicyclic) bond motifs is 1. The zero-order valence-corrected chi connectivity index (χ0v) is 14.0. The van der Waals surface area contributed by atoms with Gasteiger partial charge in [-0.1, -0.05) is 0 Å². The maximum atomic E-state index is 12.9. The van der Waals surface area contributed by atoms with Crippen LogP contribution in [-0.4, -0.2) is 24.6 Å². The number of ketones is 1. The number of allylic oxidation sites excluding steroid dienone is 1. The zero-order valence-electron chi connectivity index (χ0n) is 14.0. The van der Waals surface area contributed by atoms with Gasteiger partial charge >= 0.3 is 0 Å². The van der Waals surface area contributed by atoms with Gasteiger partial charge in [-0.05, 0) is 61.6 Å². The Morgan fingerprint density at radius 1 is 1.12 bits per heavy atom. The molecule has 0 amide bonds. The molecule has 0 saturated heterocycles. The third-order valence-electron chi connectivity index (χ3n) is 4.88. The lowest BCUT2D eigenvalue weighted by molar-refractivity contribution is 0.102. The van der Waals surface area contributed by atoms with Crippen molar-refractivity contribution < 1.29 is 14.3 Å². The first kappa shape index (κ1) is 15.1. The van der Waals surface area contributed by atoms with Crippen molar-refractivity contribution in [1.82, 2.24) is 4.57 Å². The summed E-state index contributed by atoms with van der Waals surface area (Å²) in [5.74, 6) is 1.38. The molecule has 0 N–H and O–H groups in total. The summed E-state index contributed by atoms with van der Waals surface area (Å²) in [5, 5.41) is 0. The van der Waals surface area contributed by atoms with Crippen molar-refractivity contribution in [3.05, 3.63) is 52.9 Å². The number of carbonyl (C=O) groups excluding carboxylic acids is 1. The van der Waals surface area contributed by atoms with E-state index < -0.39 is 0 Å². The summed E-state index contributed by atoms with van der Waals surface area (Å²) in [6, 6.07) is 8.49. The van der Waals surface area contributed by atoms with Crippen molar-refractivity contribution in [1.29, 1.82) is 0 Å². The lowest BCUT2D eigenvalue weighted by atomic mass is 9.86. The van der Waals surface area contributed by atoms with E-state index in [1.807, 2.05) is 12.1 Å². The van der Waals surface area contributed by atoms with Crippen molar-refractivity contribution in [2.75, 3.05) is 14.2 Å². The summed E-state index contributed by atoms with van der Waals surface area (Å²) in [6.07, 6.45) is 8.24. The molecule has 0 bridgehead atoms. The number of rotatable bonds is 4. The second-order valence-electron chi connectivity index (χ2n) is 6.43. The maximum absolute atomic E-state index is 12.9. The van der Waals surface area contributed by atoms with Gasteiger partial charge < -0.3 is 14.0 Å². The van der Waals surface area contributed by atoms with Crippen LogP contribution in [-0.2, 0) is 6.42 Å². The molecule has 0 unspecified atom stereocenters. The fourth-order valence-electron chi connectivity index (χ4n) is 3.43. The zero-order chi connectivity index (χ0) is 16.7. The average molecular weight is 323 g/mol. The minimum atomic E-state index is 0.0979. The number of carbonyl (C=O) groups is 1. The summed E-state index contributed by atoms with van der Waals surface area (Å²) in [5.41, 5.74) is 3.77. The first-order chi connectivity index (χ1) is 11.7. The molecule has 4 nitrogen and oxygen atoms in total. The van der Waals surface area contributed by atoms with E-state index in [9.17, 15) is 4.79 Å². The number of aryl methyl sites for hydroxylation is 1. The molecule has 1 heterocycles. The van der Waals surface area contributed by atoms with Crippen LogP contribution < -0.4 is 9.47 Å². The highest BCUT2D eigenvalue weighted by molar-refractivity contribution is 6.13. The summed E-state index contributed by atoms with van der Waals surface area (Å²) in [7, 11) is 3.21. The molecule has 0 atom stereocenters. The van der Waals surface area contributed by atoms with Crippen molar-refractivity contribution in [2.24, 2.45) is 0 Å². The Morgan fingerprint density at radius 3 is 2.58 bits per heavy atom. The highest BCUT2D eigenvalue weighted by Gasteiger charge is 2.27. The Bertz CT molecular complexity index is 827. The Labute approximate surface area is 141 Å². The molecule has 4 heteroatoms. The molecule has 124 valence electrons. The normalized spacial score (nSPS) is 18.6. The number of hydrogen-bond donors (Lipinski definition) is 0. The van der Waals surface area contributed by atoms with Gasteiger partial charge in [-0.25, -0.2) is 0 Å². The van der Waals surface area contributed by atoms with E-state index in [0.717, 1.165) is 35.2 Å². The number of Topliss-reactive ketones (excluding diaryl/α,β-unsaturated/α-hetero) is 1. The Balaban J connectivity index is 1.71. The molecule has 0 radical (unpaired) electrons. The molecule has 0 spiro atoms. The fourth-order valence-corrected chi connectivity index (χ4v) is 3.43. The van der Waals surface area contributed by atoms with Gasteiger partial charge in [-0.2, -0.15) is 0 Å². The van der Waals surface area contributed by atoms with Gasteiger partial charge in [0.15, 0.2) is 17.3 Å². The van der Waals surface area contributed by atoms with Crippen LogP contribution in [0.1, 0.15) is 46.9 Å². The minimum Gasteiger partial charge on any atom is -0.493 e. The maximum Gasteiger partial charge on any atom is 0.189 e. The molecule has 0 aliphatic heterocycles. The highest BCUT2D eigenvalue weighted by Crippen LogP contribution is 2.38. The standard InChI is InChI=1S/C20H21NO3/c1-23-18-11-13-5-6-14(20(22)17(13)12-19(18)24-2)10-16-4-3-9-21(16)15-7-8-15/h3-4,9-12,15H,5-8H2,1-2H3/b14-10+. The van der Waals surface area contributed by atoms with Crippen molar-refractivity contribution in [3.8, 4) is 11.5 Å². The molecular formula is C20H21NO3. The van der Waals surface area contributed by atoms with Gasteiger partial charge in [-0.3, -0.25) is 4.79 Å². The third kappa shape index (κ3) is 2.52. The van der Waals surface area contributed by atoms with Crippen LogP contribution in [0.2, 0.25) is 0 Å². The average Bonchev–Trinajstić information content (AvgIpc) is 3.35. The second kappa shape index (κ2) is 5.86. The molecular weight excluding hydrogens is 302 g/mol. The van der Waals surface area contributed by atoms with Crippen molar-refractivity contribution in [2.45, 2.75) is 31.7 Å². The highest BCUT2D eigenvalue weighted by atomic mass is 16.5. The summed E-state index contributed by atoms with van der Waals surface area (Å²) in [6.45, 7) is 0. The molecule has 1 fully saturated rings. The number of benzene rings is 1. The van der Waals surface area contributed by atoms with E-state index in [4.69, 9.17) is 9.47 Å². The number of methoxy groups -OCH3 is 2. The van der Waals surface area contributed by atoms with Gasteiger partial charge in [-0.15, -0.1) is 0 Å². The molecule has 1 aromatic carbocycles. The number of ether oxygens (including phenoxy) is 2. The first-order valence-electron chi connectivity index (χ1n) is 8.38. The van der Waals surface area contributed by atoms with Gasteiger partial charge in [0.1, 0.15) is 0 Å². The van der Waals surface area contributed by atoms with E-state index in [1.165, 1.54) is 12.8 Å². The number of nitrogens with zero attached hydrogens (tertiary/aromatic N) is 1. The molecule has 2 aromatic rings. The number of hydrogen-bond acceptors (Lipinski definition) is 3. The van der Waals surface area contributed by atoms with E-state index in [2.05, 4.69) is 29.0 Å². The van der Waals surface area contributed by atoms with Crippen LogP contribution in [0.25, 0.3) is 6.08 Å². The topological polar surface area (TPSA) is 40.5 Å². The Kier molecular flexibility index (Phi) is 3.68. The largest absolute Gasteiger partial charge is 0.493 e. The quantitative estimate of drug-likeness (QED) is 0.797. The monoisotopic (exact) mass is 323 g/mol. The van der Waals surface area contributed by atoms with E-state index in [-0.39, 0.29) is 5.78 Å². The van der Waals surface area contributed by atoms with Gasteiger partial charge in [0.25, 0.3) is 0 Å². The SMILES string of the molecule is COc1cc2c(cc1OC)C(=O)/C(=C/c1cccn1C1CC1)CC2. The van der Waals surface area contributed by atoms with Crippen LogP contribution in [0.4, 0.5) is 0 Å². The summed E-state index contributed by atoms with van der Waals surface area (Å²) >= 11 is 0. The fraction of sp³-hybridized carbons (Fsp3) is 0.350. The lowest BCUT2D eigenvalue weighted by Gasteiger charge is -2.20. The first-order valence-corrected chi connectivity index (χ1v) is 8.38. The number of aromatic nitrogens is 1. The van der Waals surface area contributed by atoms with Gasteiger partial charge in [0, 0.05) is 29.1 Å². The minimum absolute atomic E-state index is 0.0979. The van der Waals surface area contributed by atoms with Crippen LogP contribution in [0.5, 0.6) is 11.5 Å². The molecule has 2 aliphatic rings. The van der Waals surface area contributed by atoms with Gasteiger partial charge in [0.2, 0.25) is 0 Å². The molecule has 2 aliphatic carbocycles. The summed E-state index contributed by atoms with van der Waals surface area (Å²) in [4.78, 5) is 12.9. The smallest absolute Gasteiger partial charge is 0.189 e. The van der Waals surface area contributed by atoms with Crippen LogP contribution in [0.15, 0.2) is 36.0 Å². The second-order valence-corrected chi connectivity index (χ2v) is 6.43. The van der Waals surface area contributed by atoms with Crippen LogP contribution in [0.3, 0.4) is 0 Å². The molecule has 1 aromatic heterocycles. The van der Waals surface area contributed by atoms with Gasteiger partial charge in [0.05, 0.1) is 14.2 Å². The Hall–Kier alpha value is -2.49. The van der Waals surface area contributed by atoms with E-state index in [0.29, 0.717) is 17.5 Å².